The van der Waals surface area contributed by atoms with Gasteiger partial charge in [0, 0.05) is 47.0 Å². The molecule has 0 radical (unpaired) electrons. The zero-order valence-electron chi connectivity index (χ0n) is 16.6. The number of hydrogen-bond acceptors (Lipinski definition) is 4. The monoisotopic (exact) mass is 478 g/mol. The Morgan fingerprint density at radius 1 is 1.04 bits per heavy atom. The average molecular weight is 478 g/mol. The Labute approximate surface area is 175 Å². The molecule has 0 aliphatic carbocycles. The van der Waals surface area contributed by atoms with Crippen LogP contribution in [-0.4, -0.2) is 64.9 Å². The SMILES string of the molecule is CCNC(=NCc1ccc(COC)cc1)NCCN(C)CCCOC.I. The highest BCUT2D eigenvalue weighted by Crippen LogP contribution is 2.06. The van der Waals surface area contributed by atoms with Crippen molar-refractivity contribution in [3.8, 4) is 0 Å². The highest BCUT2D eigenvalue weighted by Gasteiger charge is 2.01. The predicted molar refractivity (Wildman–Crippen MR) is 119 cm³/mol. The summed E-state index contributed by atoms with van der Waals surface area (Å²) in [5.74, 6) is 0.855. The lowest BCUT2D eigenvalue weighted by Gasteiger charge is -2.18. The van der Waals surface area contributed by atoms with Gasteiger partial charge in [-0.2, -0.15) is 0 Å². The standard InChI is InChI=1S/C19H34N4O2.HI/c1-5-20-19(21-11-13-23(2)12-6-14-24-3)22-15-17-7-9-18(10-8-17)16-25-4;/h7-10H,5-6,11-16H2,1-4H3,(H2,20,21,22);1H. The topological polar surface area (TPSA) is 58.1 Å². The van der Waals surface area contributed by atoms with Crippen molar-refractivity contribution in [3.63, 3.8) is 0 Å². The fourth-order valence-corrected chi connectivity index (χ4v) is 2.38. The summed E-state index contributed by atoms with van der Waals surface area (Å²) in [6.45, 7) is 7.91. The third-order valence-corrected chi connectivity index (χ3v) is 3.77. The Kier molecular flexibility index (Phi) is 15.7. The summed E-state index contributed by atoms with van der Waals surface area (Å²) >= 11 is 0. The lowest BCUT2D eigenvalue weighted by Crippen LogP contribution is -2.41. The summed E-state index contributed by atoms with van der Waals surface area (Å²) in [6, 6.07) is 8.38. The Hall–Kier alpha value is -0.900. The fourth-order valence-electron chi connectivity index (χ4n) is 2.38. The van der Waals surface area contributed by atoms with Gasteiger partial charge in [0.15, 0.2) is 5.96 Å². The number of rotatable bonds is 12. The number of hydrogen-bond donors (Lipinski definition) is 2. The van der Waals surface area contributed by atoms with E-state index in [2.05, 4.69) is 58.8 Å². The van der Waals surface area contributed by atoms with Gasteiger partial charge in [-0.25, -0.2) is 4.99 Å². The molecule has 0 heterocycles. The second-order valence-corrected chi connectivity index (χ2v) is 6.02. The van der Waals surface area contributed by atoms with E-state index in [9.17, 15) is 0 Å². The van der Waals surface area contributed by atoms with Crippen LogP contribution in [0.5, 0.6) is 0 Å². The molecule has 0 saturated carbocycles. The van der Waals surface area contributed by atoms with Crippen LogP contribution >= 0.6 is 24.0 Å². The van der Waals surface area contributed by atoms with Crippen LogP contribution in [0.2, 0.25) is 0 Å². The molecule has 0 fully saturated rings. The highest BCUT2D eigenvalue weighted by atomic mass is 127. The van der Waals surface area contributed by atoms with Gasteiger partial charge in [-0.05, 0) is 31.5 Å². The van der Waals surface area contributed by atoms with Gasteiger partial charge in [0.2, 0.25) is 0 Å². The average Bonchev–Trinajstić information content (AvgIpc) is 2.61. The van der Waals surface area contributed by atoms with Crippen molar-refractivity contribution < 1.29 is 9.47 Å². The van der Waals surface area contributed by atoms with Crippen molar-refractivity contribution in [3.05, 3.63) is 35.4 Å². The third-order valence-electron chi connectivity index (χ3n) is 3.77. The normalized spacial score (nSPS) is 11.3. The minimum Gasteiger partial charge on any atom is -0.385 e. The van der Waals surface area contributed by atoms with Crippen LogP contribution in [0, 0.1) is 0 Å². The van der Waals surface area contributed by atoms with Crippen molar-refractivity contribution in [2.45, 2.75) is 26.5 Å². The minimum absolute atomic E-state index is 0. The Morgan fingerprint density at radius 3 is 2.35 bits per heavy atom. The molecule has 0 bridgehead atoms. The van der Waals surface area contributed by atoms with Gasteiger partial charge in [0.05, 0.1) is 13.2 Å². The van der Waals surface area contributed by atoms with E-state index in [0.717, 1.165) is 45.2 Å². The Morgan fingerprint density at radius 2 is 1.73 bits per heavy atom. The molecule has 1 aromatic carbocycles. The quantitative estimate of drug-likeness (QED) is 0.209. The van der Waals surface area contributed by atoms with Crippen molar-refractivity contribution in [2.75, 3.05) is 54.1 Å². The van der Waals surface area contributed by atoms with Crippen LogP contribution < -0.4 is 10.6 Å². The van der Waals surface area contributed by atoms with Crippen LogP contribution in [0.15, 0.2) is 29.3 Å². The maximum atomic E-state index is 5.13. The van der Waals surface area contributed by atoms with Gasteiger partial charge in [0.25, 0.3) is 0 Å². The predicted octanol–water partition coefficient (Wildman–Crippen LogP) is 2.47. The Bertz CT molecular complexity index is 483. The van der Waals surface area contributed by atoms with E-state index < -0.39 is 0 Å². The van der Waals surface area contributed by atoms with Gasteiger partial charge in [-0.15, -0.1) is 24.0 Å². The first-order valence-electron chi connectivity index (χ1n) is 8.96. The molecule has 0 saturated heterocycles. The van der Waals surface area contributed by atoms with Crippen LogP contribution in [0.25, 0.3) is 0 Å². The number of benzene rings is 1. The fraction of sp³-hybridized carbons (Fsp3) is 0.632. The van der Waals surface area contributed by atoms with Gasteiger partial charge in [0.1, 0.15) is 0 Å². The number of nitrogens with zero attached hydrogens (tertiary/aromatic N) is 2. The molecule has 0 aromatic heterocycles. The zero-order chi connectivity index (χ0) is 18.3. The second kappa shape index (κ2) is 16.3. The van der Waals surface area contributed by atoms with Gasteiger partial charge in [-0.3, -0.25) is 0 Å². The number of likely N-dealkylation sites (N-methyl/N-ethyl adjacent to an activating group) is 1. The van der Waals surface area contributed by atoms with E-state index in [1.54, 1.807) is 14.2 Å². The number of aliphatic imine (C=N–C) groups is 1. The molecule has 0 aliphatic heterocycles. The van der Waals surface area contributed by atoms with E-state index >= 15 is 0 Å². The van der Waals surface area contributed by atoms with Crippen molar-refractivity contribution >= 4 is 29.9 Å². The molecular formula is C19H35IN4O2. The van der Waals surface area contributed by atoms with E-state index in [1.165, 1.54) is 11.1 Å². The number of guanidine groups is 1. The largest absolute Gasteiger partial charge is 0.385 e. The summed E-state index contributed by atoms with van der Waals surface area (Å²) in [5, 5.41) is 6.68. The van der Waals surface area contributed by atoms with Gasteiger partial charge < -0.3 is 25.0 Å². The van der Waals surface area contributed by atoms with Crippen LogP contribution in [0.4, 0.5) is 0 Å². The number of halogens is 1. The molecule has 6 nitrogen and oxygen atoms in total. The summed E-state index contributed by atoms with van der Waals surface area (Å²) in [6.07, 6.45) is 1.06. The van der Waals surface area contributed by atoms with E-state index in [4.69, 9.17) is 9.47 Å². The van der Waals surface area contributed by atoms with Crippen LogP contribution in [-0.2, 0) is 22.6 Å². The maximum Gasteiger partial charge on any atom is 0.191 e. The number of nitrogens with one attached hydrogen (secondary N) is 2. The third kappa shape index (κ3) is 11.7. The van der Waals surface area contributed by atoms with E-state index in [0.29, 0.717) is 13.2 Å². The van der Waals surface area contributed by atoms with Gasteiger partial charge in [-0.1, -0.05) is 24.3 Å². The summed E-state index contributed by atoms with van der Waals surface area (Å²) < 4.78 is 10.2. The lowest BCUT2D eigenvalue weighted by molar-refractivity contribution is 0.180. The van der Waals surface area contributed by atoms with Gasteiger partial charge >= 0.3 is 0 Å². The van der Waals surface area contributed by atoms with E-state index in [1.807, 2.05) is 0 Å². The first-order valence-corrected chi connectivity index (χ1v) is 8.96. The lowest BCUT2D eigenvalue weighted by atomic mass is 10.1. The summed E-state index contributed by atoms with van der Waals surface area (Å²) in [4.78, 5) is 6.95. The number of ether oxygens (including phenoxy) is 2. The molecule has 0 unspecified atom stereocenters. The highest BCUT2D eigenvalue weighted by molar-refractivity contribution is 14.0. The molecule has 0 amide bonds. The summed E-state index contributed by atoms with van der Waals surface area (Å²) in [5.41, 5.74) is 2.37. The molecule has 26 heavy (non-hydrogen) atoms. The van der Waals surface area contributed by atoms with Crippen molar-refractivity contribution in [2.24, 2.45) is 4.99 Å². The molecule has 0 atom stereocenters. The molecular weight excluding hydrogens is 443 g/mol. The molecule has 0 spiro atoms. The zero-order valence-corrected chi connectivity index (χ0v) is 18.9. The smallest absolute Gasteiger partial charge is 0.191 e. The first-order chi connectivity index (χ1) is 12.2. The maximum absolute atomic E-state index is 5.13. The van der Waals surface area contributed by atoms with Crippen LogP contribution in [0.1, 0.15) is 24.5 Å². The molecule has 1 rings (SSSR count). The van der Waals surface area contributed by atoms with Crippen molar-refractivity contribution in [1.29, 1.82) is 0 Å². The molecule has 7 heteroatoms. The molecule has 2 N–H and O–H groups in total. The van der Waals surface area contributed by atoms with Crippen molar-refractivity contribution in [1.82, 2.24) is 15.5 Å². The first kappa shape index (κ1) is 25.1. The Balaban J connectivity index is 0.00000625. The molecule has 0 aliphatic rings. The summed E-state index contributed by atoms with van der Waals surface area (Å²) in [7, 11) is 5.58. The number of methoxy groups -OCH3 is 2. The second-order valence-electron chi connectivity index (χ2n) is 6.02. The minimum atomic E-state index is 0. The molecule has 150 valence electrons. The van der Waals surface area contributed by atoms with Crippen LogP contribution in [0.3, 0.4) is 0 Å². The molecule has 1 aromatic rings. The van der Waals surface area contributed by atoms with E-state index in [-0.39, 0.29) is 24.0 Å².